The molecule has 1 spiro atoms. The van der Waals surface area contributed by atoms with Crippen LogP contribution in [0, 0.1) is 6.92 Å². The Morgan fingerprint density at radius 3 is 2.41 bits per heavy atom. The van der Waals surface area contributed by atoms with Crippen LogP contribution < -0.4 is 9.47 Å². The summed E-state index contributed by atoms with van der Waals surface area (Å²) < 4.78 is 67.1. The van der Waals surface area contributed by atoms with E-state index in [1.807, 2.05) is 6.92 Å². The number of aromatic hydroxyl groups is 1. The summed E-state index contributed by atoms with van der Waals surface area (Å²) >= 11 is 0. The maximum atomic E-state index is 13.8. The highest BCUT2D eigenvalue weighted by Crippen LogP contribution is 2.72. The van der Waals surface area contributed by atoms with Gasteiger partial charge >= 0.3 is 5.97 Å². The van der Waals surface area contributed by atoms with E-state index in [9.17, 15) is 24.9 Å². The molecule has 278 valence electrons. The van der Waals surface area contributed by atoms with E-state index in [0.717, 1.165) is 0 Å². The number of Topliss-reactive ketones (excluding diaryl/α,β-unsaturated/α-hetero) is 1. The highest BCUT2D eigenvalue weighted by molar-refractivity contribution is 6.13. The number of esters is 1. The molecule has 2 aromatic rings. The number of hydrogen-bond acceptors (Lipinski definition) is 16. The average molecular weight is 719 g/mol. The molecule has 3 N–H and O–H groups in total. The topological polar surface area (TPSA) is 200 Å². The molecule has 16 nitrogen and oxygen atoms in total. The van der Waals surface area contributed by atoms with E-state index >= 15 is 0 Å². The zero-order valence-corrected chi connectivity index (χ0v) is 29.5. The van der Waals surface area contributed by atoms with Gasteiger partial charge in [0.1, 0.15) is 35.1 Å². The lowest BCUT2D eigenvalue weighted by atomic mass is 9.77. The summed E-state index contributed by atoms with van der Waals surface area (Å²) in [5.41, 5.74) is -1.65. The molecule has 0 saturated carbocycles. The van der Waals surface area contributed by atoms with E-state index in [4.69, 9.17) is 52.1 Å². The Morgan fingerprint density at radius 1 is 1.12 bits per heavy atom. The van der Waals surface area contributed by atoms with Gasteiger partial charge in [0.25, 0.3) is 11.6 Å². The van der Waals surface area contributed by atoms with Crippen LogP contribution in [0.25, 0.3) is 10.8 Å². The molecule has 2 bridgehead atoms. The maximum Gasteiger partial charge on any atom is 0.303 e. The van der Waals surface area contributed by atoms with Crippen molar-refractivity contribution in [1.29, 1.82) is 0 Å². The van der Waals surface area contributed by atoms with E-state index in [1.165, 1.54) is 42.3 Å². The van der Waals surface area contributed by atoms with Gasteiger partial charge in [-0.25, -0.2) is 0 Å². The molecule has 8 rings (SSSR count). The molecule has 7 unspecified atom stereocenters. The van der Waals surface area contributed by atoms with E-state index in [0.29, 0.717) is 16.5 Å². The molecule has 16 heteroatoms. The summed E-state index contributed by atoms with van der Waals surface area (Å²) in [4.78, 5) is 25.5. The van der Waals surface area contributed by atoms with Gasteiger partial charge in [-0.2, -0.15) is 0 Å². The number of hydrogen-bond donors (Lipinski definition) is 3. The maximum absolute atomic E-state index is 13.8. The summed E-state index contributed by atoms with van der Waals surface area (Å²) in [6, 6.07) is 1.78. The van der Waals surface area contributed by atoms with Crippen LogP contribution in [0.5, 0.6) is 17.2 Å². The number of aliphatic hydroxyl groups excluding tert-OH is 1. The SMILES string of the molecule is COc1c2c(c(O)c3c4c(c(C)cc13)C1OC3(C(OC)OC)OC1[C@@](OC)(O4)[C@@]31CO1)C(=O)[C@@H](O)C[C@@H]2OC1CC(C)(O)C(OC(C)=O)C(C)O1. The summed E-state index contributed by atoms with van der Waals surface area (Å²) in [5, 5.41) is 35.0. The van der Waals surface area contributed by atoms with Crippen LogP contribution in [0.3, 0.4) is 0 Å². The van der Waals surface area contributed by atoms with E-state index < -0.39 is 89.5 Å². The van der Waals surface area contributed by atoms with E-state index in [-0.39, 0.29) is 47.5 Å². The molecule has 5 heterocycles. The van der Waals surface area contributed by atoms with Crippen molar-refractivity contribution in [1.82, 2.24) is 0 Å². The second kappa shape index (κ2) is 11.4. The molecule has 4 saturated heterocycles. The summed E-state index contributed by atoms with van der Waals surface area (Å²) in [7, 11) is 5.80. The van der Waals surface area contributed by atoms with Crippen molar-refractivity contribution in [3.8, 4) is 17.2 Å². The number of epoxide rings is 1. The van der Waals surface area contributed by atoms with Crippen LogP contribution in [-0.2, 0) is 47.4 Å². The van der Waals surface area contributed by atoms with E-state index in [1.54, 1.807) is 13.0 Å². The van der Waals surface area contributed by atoms with Gasteiger partial charge in [0, 0.05) is 57.6 Å². The fourth-order valence-electron chi connectivity index (χ4n) is 9.14. The zero-order chi connectivity index (χ0) is 36.6. The number of benzene rings is 2. The molecule has 0 aromatic heterocycles. The van der Waals surface area contributed by atoms with Crippen molar-refractivity contribution in [2.45, 2.75) is 113 Å². The summed E-state index contributed by atoms with van der Waals surface area (Å²) in [5.74, 6) is -4.57. The Bertz CT molecular complexity index is 1820. The number of methoxy groups -OCH3 is 4. The average Bonchev–Trinajstić information content (AvgIpc) is 3.73. The standard InChI is InChI=1S/C35H42O16/c1-13-9-16-21(27-20(13)28-30-34(44-8,49-27)33(12-45-33)35(50-28,51-30)31(42-6)43-7)25(39)23-22(26(16)41-5)18(10-17(37)24(23)38)48-19-11-32(4,40)29(14(2)46-19)47-15(3)36/h9,14,17-19,28-31,37,39-40H,10-12H2,1-8H3/t14?,17-,18-,19?,28?,29?,30?,32?,33-,34+,35?/m0/s1. The normalized spacial score (nSPS) is 40.4. The van der Waals surface area contributed by atoms with Crippen molar-refractivity contribution < 1.29 is 77.0 Å². The van der Waals surface area contributed by atoms with Gasteiger partial charge in [-0.1, -0.05) is 0 Å². The Balaban J connectivity index is 1.27. The van der Waals surface area contributed by atoms with Gasteiger partial charge in [0.15, 0.2) is 24.3 Å². The van der Waals surface area contributed by atoms with Crippen molar-refractivity contribution in [2.75, 3.05) is 35.0 Å². The number of rotatable bonds is 8. The smallest absolute Gasteiger partial charge is 0.303 e. The lowest BCUT2D eigenvalue weighted by Gasteiger charge is -2.49. The number of carbonyl (C=O) groups is 2. The monoisotopic (exact) mass is 718 g/mol. The highest BCUT2D eigenvalue weighted by Gasteiger charge is 2.93. The lowest BCUT2D eigenvalue weighted by Crippen LogP contribution is -2.70. The number of aliphatic hydroxyl groups is 2. The van der Waals surface area contributed by atoms with Gasteiger partial charge in [-0.05, 0) is 32.4 Å². The number of carbonyl (C=O) groups excluding carboxylic acids is 2. The third-order valence-corrected chi connectivity index (χ3v) is 11.3. The van der Waals surface area contributed by atoms with Crippen LogP contribution in [0.4, 0.5) is 0 Å². The van der Waals surface area contributed by atoms with Gasteiger partial charge in [-0.15, -0.1) is 0 Å². The molecule has 0 radical (unpaired) electrons. The van der Waals surface area contributed by atoms with E-state index in [2.05, 4.69) is 0 Å². The fourth-order valence-corrected chi connectivity index (χ4v) is 9.14. The minimum Gasteiger partial charge on any atom is -0.506 e. The number of fused-ring (bicyclic) bond motifs is 8. The van der Waals surface area contributed by atoms with Gasteiger partial charge in [0.05, 0.1) is 36.9 Å². The Kier molecular flexibility index (Phi) is 7.81. The van der Waals surface area contributed by atoms with Crippen LogP contribution in [0.1, 0.15) is 72.9 Å². The lowest BCUT2D eigenvalue weighted by molar-refractivity contribution is -0.347. The van der Waals surface area contributed by atoms with Crippen LogP contribution >= 0.6 is 0 Å². The molecule has 0 amide bonds. The largest absolute Gasteiger partial charge is 0.506 e. The quantitative estimate of drug-likeness (QED) is 0.203. The van der Waals surface area contributed by atoms with Crippen LogP contribution in [0.2, 0.25) is 0 Å². The Hall–Kier alpha value is -3.16. The highest BCUT2D eigenvalue weighted by atomic mass is 16.9. The molecular formula is C35H42O16. The van der Waals surface area contributed by atoms with Crippen LogP contribution in [0.15, 0.2) is 6.07 Å². The summed E-state index contributed by atoms with van der Waals surface area (Å²) in [6.45, 7) is 6.36. The summed E-state index contributed by atoms with van der Waals surface area (Å²) in [6.07, 6.45) is -8.32. The van der Waals surface area contributed by atoms with Crippen molar-refractivity contribution in [2.24, 2.45) is 0 Å². The predicted molar refractivity (Wildman–Crippen MR) is 169 cm³/mol. The van der Waals surface area contributed by atoms with Crippen molar-refractivity contribution in [3.05, 3.63) is 28.3 Å². The molecule has 1 aliphatic carbocycles. The molecule has 11 atom stereocenters. The number of aryl methyl sites for hydroxylation is 1. The molecule has 51 heavy (non-hydrogen) atoms. The number of phenolic OH excluding ortho intramolecular Hbond substituents is 1. The first-order valence-electron chi connectivity index (χ1n) is 16.8. The van der Waals surface area contributed by atoms with Gasteiger partial charge in [-0.3, -0.25) is 9.59 Å². The number of ether oxygens (including phenoxy) is 11. The third kappa shape index (κ3) is 4.37. The second-order valence-corrected chi connectivity index (χ2v) is 14.3. The third-order valence-electron chi connectivity index (χ3n) is 11.3. The molecule has 2 aromatic carbocycles. The Labute approximate surface area is 292 Å². The van der Waals surface area contributed by atoms with Gasteiger partial charge in [0.2, 0.25) is 11.9 Å². The number of phenols is 1. The number of ketones is 1. The fraction of sp³-hybridized carbons (Fsp3) is 0.657. The second-order valence-electron chi connectivity index (χ2n) is 14.3. The first-order valence-corrected chi connectivity index (χ1v) is 16.8. The minimum absolute atomic E-state index is 0.102. The van der Waals surface area contributed by atoms with Crippen molar-refractivity contribution >= 4 is 22.5 Å². The molecule has 5 aliphatic heterocycles. The van der Waals surface area contributed by atoms with Crippen LogP contribution in [-0.4, -0.2) is 122 Å². The van der Waals surface area contributed by atoms with Crippen molar-refractivity contribution in [3.63, 3.8) is 0 Å². The molecular weight excluding hydrogens is 676 g/mol. The molecule has 4 fully saturated rings. The van der Waals surface area contributed by atoms with Gasteiger partial charge < -0.3 is 67.4 Å². The first kappa shape index (κ1) is 34.9. The first-order chi connectivity index (χ1) is 24.2. The zero-order valence-electron chi connectivity index (χ0n) is 29.5. The minimum atomic E-state index is -1.58. The predicted octanol–water partition coefficient (Wildman–Crippen LogP) is 1.97. The Morgan fingerprint density at radius 2 is 1.82 bits per heavy atom. The molecule has 6 aliphatic rings.